The Hall–Kier alpha value is -1.39. The van der Waals surface area contributed by atoms with Gasteiger partial charge in [-0.25, -0.2) is 4.79 Å². The Kier molecular flexibility index (Phi) is 4.93. The molecule has 0 spiro atoms. The number of hydrogen-bond donors (Lipinski definition) is 0. The Morgan fingerprint density at radius 3 is 2.79 bits per heavy atom. The summed E-state index contributed by atoms with van der Waals surface area (Å²) in [4.78, 5) is 13.8. The largest absolute Gasteiger partial charge is 0.467 e. The molecule has 0 aliphatic carbocycles. The summed E-state index contributed by atoms with van der Waals surface area (Å²) in [5.74, 6) is -0.281. The zero-order valence-electron chi connectivity index (χ0n) is 11.5. The smallest absolute Gasteiger partial charge is 0.336 e. The molecule has 0 aromatic heterocycles. The summed E-state index contributed by atoms with van der Waals surface area (Å²) in [5.41, 5.74) is 1.32. The Balaban J connectivity index is 1.87. The second kappa shape index (κ2) is 6.68. The minimum atomic E-state index is -0.454. The second-order valence-corrected chi connectivity index (χ2v) is 4.95. The molecule has 1 aromatic carbocycles. The number of carbonyl (C=O) groups excluding carboxylic acids is 1. The molecule has 1 fully saturated rings. The third kappa shape index (κ3) is 4.04. The van der Waals surface area contributed by atoms with Crippen molar-refractivity contribution in [2.24, 2.45) is 0 Å². The van der Waals surface area contributed by atoms with Gasteiger partial charge in [0.15, 0.2) is 6.10 Å². The normalized spacial score (nSPS) is 24.1. The highest BCUT2D eigenvalue weighted by atomic mass is 16.6. The lowest BCUT2D eigenvalue weighted by molar-refractivity contribution is -0.166. The maximum Gasteiger partial charge on any atom is 0.336 e. The molecule has 1 saturated heterocycles. The van der Waals surface area contributed by atoms with Crippen molar-refractivity contribution in [3.63, 3.8) is 0 Å². The molecule has 1 aliphatic rings. The van der Waals surface area contributed by atoms with E-state index in [9.17, 15) is 4.79 Å². The average Bonchev–Trinajstić information content (AvgIpc) is 2.45. The quantitative estimate of drug-likeness (QED) is 0.772. The third-order valence-corrected chi connectivity index (χ3v) is 3.36. The molecule has 4 nitrogen and oxygen atoms in total. The fourth-order valence-electron chi connectivity index (χ4n) is 2.42. The summed E-state index contributed by atoms with van der Waals surface area (Å²) in [6.45, 7) is 4.40. The van der Waals surface area contributed by atoms with Crippen molar-refractivity contribution in [2.75, 3.05) is 26.7 Å². The molecule has 0 saturated carbocycles. The molecule has 104 valence electrons. The SMILES string of the molecule is COC(=O)[C@H]1CN(CCc2ccccc2)C[C@@H](C)O1. The van der Waals surface area contributed by atoms with E-state index in [1.54, 1.807) is 0 Å². The fourth-order valence-corrected chi connectivity index (χ4v) is 2.42. The van der Waals surface area contributed by atoms with Crippen molar-refractivity contribution < 1.29 is 14.3 Å². The van der Waals surface area contributed by atoms with Gasteiger partial charge >= 0.3 is 5.97 Å². The topological polar surface area (TPSA) is 38.8 Å². The molecule has 0 bridgehead atoms. The van der Waals surface area contributed by atoms with Gasteiger partial charge in [-0.3, -0.25) is 4.90 Å². The van der Waals surface area contributed by atoms with Crippen LogP contribution in [0.1, 0.15) is 12.5 Å². The standard InChI is InChI=1S/C15H21NO3/c1-12-10-16(11-14(19-12)15(17)18-2)9-8-13-6-4-3-5-7-13/h3-7,12,14H,8-11H2,1-2H3/t12-,14-/m1/s1. The first-order valence-corrected chi connectivity index (χ1v) is 6.68. The molecule has 1 aromatic rings. The highest BCUT2D eigenvalue weighted by molar-refractivity contribution is 5.74. The van der Waals surface area contributed by atoms with Gasteiger partial charge in [-0.1, -0.05) is 30.3 Å². The molecule has 0 unspecified atom stereocenters. The molecule has 0 radical (unpaired) electrons. The number of nitrogens with zero attached hydrogens (tertiary/aromatic N) is 1. The molecule has 1 aliphatic heterocycles. The van der Waals surface area contributed by atoms with Crippen LogP contribution in [0.4, 0.5) is 0 Å². The first-order chi connectivity index (χ1) is 9.19. The van der Waals surface area contributed by atoms with Gasteiger partial charge in [0.05, 0.1) is 13.2 Å². The van der Waals surface area contributed by atoms with Crippen LogP contribution < -0.4 is 0 Å². The Labute approximate surface area is 114 Å². The van der Waals surface area contributed by atoms with Crippen LogP contribution in [0.2, 0.25) is 0 Å². The van der Waals surface area contributed by atoms with Gasteiger partial charge < -0.3 is 9.47 Å². The number of esters is 1. The van der Waals surface area contributed by atoms with Gasteiger partial charge in [0, 0.05) is 19.6 Å². The predicted octanol–water partition coefficient (Wildman–Crippen LogP) is 1.49. The number of rotatable bonds is 4. The summed E-state index contributed by atoms with van der Waals surface area (Å²) in [7, 11) is 1.40. The summed E-state index contributed by atoms with van der Waals surface area (Å²) in [6.07, 6.45) is 0.597. The van der Waals surface area contributed by atoms with Crippen LogP contribution in [0, 0.1) is 0 Å². The third-order valence-electron chi connectivity index (χ3n) is 3.36. The molecule has 2 atom stereocenters. The van der Waals surface area contributed by atoms with Gasteiger partial charge in [-0.2, -0.15) is 0 Å². The van der Waals surface area contributed by atoms with Gasteiger partial charge in [0.2, 0.25) is 0 Å². The lowest BCUT2D eigenvalue weighted by Gasteiger charge is -2.35. The van der Waals surface area contributed by atoms with Crippen molar-refractivity contribution in [3.8, 4) is 0 Å². The predicted molar refractivity (Wildman–Crippen MR) is 72.9 cm³/mol. The lowest BCUT2D eigenvalue weighted by atomic mass is 10.1. The Bertz CT molecular complexity index is 407. The maximum atomic E-state index is 11.6. The highest BCUT2D eigenvalue weighted by Crippen LogP contribution is 2.13. The zero-order chi connectivity index (χ0) is 13.7. The molecule has 0 N–H and O–H groups in total. The molecule has 2 rings (SSSR count). The van der Waals surface area contributed by atoms with Crippen molar-refractivity contribution in [2.45, 2.75) is 25.6 Å². The van der Waals surface area contributed by atoms with Crippen LogP contribution in [-0.4, -0.2) is 49.8 Å². The first kappa shape index (κ1) is 14.0. The Morgan fingerprint density at radius 1 is 1.37 bits per heavy atom. The first-order valence-electron chi connectivity index (χ1n) is 6.68. The number of carbonyl (C=O) groups is 1. The van der Waals surface area contributed by atoms with E-state index in [4.69, 9.17) is 9.47 Å². The second-order valence-electron chi connectivity index (χ2n) is 4.95. The molecule has 1 heterocycles. The van der Waals surface area contributed by atoms with E-state index in [1.165, 1.54) is 12.7 Å². The average molecular weight is 263 g/mol. The van der Waals surface area contributed by atoms with E-state index in [0.717, 1.165) is 19.5 Å². The molecule has 19 heavy (non-hydrogen) atoms. The van der Waals surface area contributed by atoms with Crippen LogP contribution >= 0.6 is 0 Å². The van der Waals surface area contributed by atoms with E-state index in [0.29, 0.717) is 6.54 Å². The van der Waals surface area contributed by atoms with Crippen LogP contribution in [0.15, 0.2) is 30.3 Å². The number of morpholine rings is 1. The summed E-state index contributed by atoms with van der Waals surface area (Å²) < 4.78 is 10.4. The maximum absolute atomic E-state index is 11.6. The lowest BCUT2D eigenvalue weighted by Crippen LogP contribution is -2.50. The van der Waals surface area contributed by atoms with Crippen molar-refractivity contribution in [1.82, 2.24) is 4.90 Å². The van der Waals surface area contributed by atoms with Gasteiger partial charge in [-0.15, -0.1) is 0 Å². The Morgan fingerprint density at radius 2 is 2.11 bits per heavy atom. The summed E-state index contributed by atoms with van der Waals surface area (Å²) >= 11 is 0. The van der Waals surface area contributed by atoms with Crippen LogP contribution in [0.3, 0.4) is 0 Å². The van der Waals surface area contributed by atoms with Gasteiger partial charge in [0.25, 0.3) is 0 Å². The van der Waals surface area contributed by atoms with Crippen LogP contribution in [0.5, 0.6) is 0 Å². The highest BCUT2D eigenvalue weighted by Gasteiger charge is 2.30. The van der Waals surface area contributed by atoms with E-state index in [1.807, 2.05) is 13.0 Å². The van der Waals surface area contributed by atoms with Gasteiger partial charge in [-0.05, 0) is 18.9 Å². The summed E-state index contributed by atoms with van der Waals surface area (Å²) in [6, 6.07) is 10.4. The van der Waals surface area contributed by atoms with Crippen LogP contribution in [-0.2, 0) is 20.7 Å². The molecule has 4 heteroatoms. The minimum absolute atomic E-state index is 0.0635. The molecule has 0 amide bonds. The minimum Gasteiger partial charge on any atom is -0.467 e. The zero-order valence-corrected chi connectivity index (χ0v) is 11.5. The number of hydrogen-bond acceptors (Lipinski definition) is 4. The van der Waals surface area contributed by atoms with E-state index < -0.39 is 6.10 Å². The van der Waals surface area contributed by atoms with E-state index >= 15 is 0 Å². The fraction of sp³-hybridized carbons (Fsp3) is 0.533. The molecular weight excluding hydrogens is 242 g/mol. The monoisotopic (exact) mass is 263 g/mol. The number of benzene rings is 1. The number of methoxy groups -OCH3 is 1. The number of ether oxygens (including phenoxy) is 2. The molecular formula is C15H21NO3. The summed E-state index contributed by atoms with van der Waals surface area (Å²) in [5, 5.41) is 0. The van der Waals surface area contributed by atoms with Crippen LogP contribution in [0.25, 0.3) is 0 Å². The van der Waals surface area contributed by atoms with E-state index in [2.05, 4.69) is 29.2 Å². The van der Waals surface area contributed by atoms with Gasteiger partial charge in [0.1, 0.15) is 0 Å². The van der Waals surface area contributed by atoms with Crippen molar-refractivity contribution >= 4 is 5.97 Å². The van der Waals surface area contributed by atoms with Crippen molar-refractivity contribution in [1.29, 1.82) is 0 Å². The van der Waals surface area contributed by atoms with E-state index in [-0.39, 0.29) is 12.1 Å². The van der Waals surface area contributed by atoms with Crippen molar-refractivity contribution in [3.05, 3.63) is 35.9 Å².